The summed E-state index contributed by atoms with van der Waals surface area (Å²) >= 11 is 4.85. The number of benzene rings is 2. The highest BCUT2D eigenvalue weighted by atomic mass is 79.9. The molecular formula is C20H18BrN3O2S. The van der Waals surface area contributed by atoms with E-state index < -0.39 is 6.04 Å². The van der Waals surface area contributed by atoms with Crippen molar-refractivity contribution in [3.63, 3.8) is 0 Å². The van der Waals surface area contributed by atoms with Crippen LogP contribution < -0.4 is 10.6 Å². The van der Waals surface area contributed by atoms with Gasteiger partial charge in [-0.2, -0.15) is 0 Å². The van der Waals surface area contributed by atoms with Crippen LogP contribution in [0.15, 0.2) is 70.0 Å². The van der Waals surface area contributed by atoms with Crippen LogP contribution in [-0.4, -0.2) is 22.8 Å². The van der Waals surface area contributed by atoms with E-state index in [0.717, 1.165) is 11.3 Å². The molecule has 2 amide bonds. The second kappa shape index (κ2) is 9.43. The minimum absolute atomic E-state index is 0.243. The molecule has 0 aliphatic heterocycles. The van der Waals surface area contributed by atoms with Crippen molar-refractivity contribution in [1.29, 1.82) is 0 Å². The Morgan fingerprint density at radius 1 is 1.07 bits per heavy atom. The van der Waals surface area contributed by atoms with Crippen LogP contribution in [0.2, 0.25) is 0 Å². The molecule has 5 nitrogen and oxygen atoms in total. The van der Waals surface area contributed by atoms with Crippen LogP contribution in [0.5, 0.6) is 0 Å². The first-order valence-corrected chi connectivity index (χ1v) is 10.1. The van der Waals surface area contributed by atoms with Crippen molar-refractivity contribution >= 4 is 39.1 Å². The third-order valence-electron chi connectivity index (χ3n) is 3.95. The highest BCUT2D eigenvalue weighted by molar-refractivity contribution is 9.10. The summed E-state index contributed by atoms with van der Waals surface area (Å²) in [5.74, 6) is -0.542. The summed E-state index contributed by atoms with van der Waals surface area (Å²) in [6.07, 6.45) is 0.403. The van der Waals surface area contributed by atoms with E-state index in [1.54, 1.807) is 23.7 Å². The second-order valence-electron chi connectivity index (χ2n) is 5.89. The zero-order valence-electron chi connectivity index (χ0n) is 14.4. The maximum Gasteiger partial charge on any atom is 0.253 e. The fourth-order valence-corrected chi connectivity index (χ4v) is 3.59. The largest absolute Gasteiger partial charge is 0.349 e. The highest BCUT2D eigenvalue weighted by Crippen LogP contribution is 2.16. The summed E-state index contributed by atoms with van der Waals surface area (Å²) in [6, 6.07) is 16.1. The SMILES string of the molecule is O=C(N[C@H](Cc1ccccc1)C(=O)NCc1cscn1)c1ccccc1Br. The molecule has 2 N–H and O–H groups in total. The van der Waals surface area contributed by atoms with Gasteiger partial charge in [0.2, 0.25) is 5.91 Å². The maximum absolute atomic E-state index is 12.7. The Morgan fingerprint density at radius 3 is 2.52 bits per heavy atom. The summed E-state index contributed by atoms with van der Waals surface area (Å²) in [5, 5.41) is 7.59. The van der Waals surface area contributed by atoms with Crippen molar-refractivity contribution in [2.24, 2.45) is 0 Å². The number of nitrogens with zero attached hydrogens (tertiary/aromatic N) is 1. The Kier molecular flexibility index (Phi) is 6.73. The fourth-order valence-electron chi connectivity index (χ4n) is 2.57. The van der Waals surface area contributed by atoms with E-state index in [0.29, 0.717) is 23.0 Å². The quantitative estimate of drug-likeness (QED) is 0.586. The Hall–Kier alpha value is -2.51. The molecule has 0 aliphatic rings. The lowest BCUT2D eigenvalue weighted by molar-refractivity contribution is -0.123. The van der Waals surface area contributed by atoms with E-state index in [1.165, 1.54) is 11.3 Å². The number of carbonyl (C=O) groups is 2. The lowest BCUT2D eigenvalue weighted by atomic mass is 10.0. The van der Waals surface area contributed by atoms with Gasteiger partial charge in [0, 0.05) is 16.3 Å². The van der Waals surface area contributed by atoms with Gasteiger partial charge in [-0.05, 0) is 33.6 Å². The Morgan fingerprint density at radius 2 is 1.81 bits per heavy atom. The number of carbonyl (C=O) groups excluding carboxylic acids is 2. The van der Waals surface area contributed by atoms with Crippen LogP contribution in [0.25, 0.3) is 0 Å². The summed E-state index contributed by atoms with van der Waals surface area (Å²) in [5.41, 5.74) is 3.98. The lowest BCUT2D eigenvalue weighted by Gasteiger charge is -2.19. The average Bonchev–Trinajstić information content (AvgIpc) is 3.20. The summed E-state index contributed by atoms with van der Waals surface area (Å²) < 4.78 is 0.684. The van der Waals surface area contributed by atoms with Gasteiger partial charge in [-0.3, -0.25) is 9.59 Å². The van der Waals surface area contributed by atoms with Gasteiger partial charge in [-0.15, -0.1) is 11.3 Å². The highest BCUT2D eigenvalue weighted by Gasteiger charge is 2.22. The van der Waals surface area contributed by atoms with Crippen molar-refractivity contribution < 1.29 is 9.59 Å². The molecule has 138 valence electrons. The molecule has 1 aromatic heterocycles. The minimum atomic E-state index is -0.689. The van der Waals surface area contributed by atoms with Gasteiger partial charge in [-0.1, -0.05) is 42.5 Å². The zero-order valence-corrected chi connectivity index (χ0v) is 16.8. The van der Waals surface area contributed by atoms with Gasteiger partial charge in [0.15, 0.2) is 0 Å². The Bertz CT molecular complexity index is 901. The van der Waals surface area contributed by atoms with Crippen LogP contribution in [0.4, 0.5) is 0 Å². The van der Waals surface area contributed by atoms with Crippen LogP contribution in [0.1, 0.15) is 21.6 Å². The third-order valence-corrected chi connectivity index (χ3v) is 5.28. The van der Waals surface area contributed by atoms with E-state index in [9.17, 15) is 9.59 Å². The number of hydrogen-bond donors (Lipinski definition) is 2. The standard InChI is InChI=1S/C20H18BrN3O2S/c21-17-9-5-4-8-16(17)19(25)24-18(10-14-6-2-1-3-7-14)20(26)22-11-15-12-27-13-23-15/h1-9,12-13,18H,10-11H2,(H,22,26)(H,24,25)/t18-/m1/s1. The molecule has 0 aliphatic carbocycles. The van der Waals surface area contributed by atoms with E-state index in [2.05, 4.69) is 31.5 Å². The smallest absolute Gasteiger partial charge is 0.253 e. The first kappa shape index (κ1) is 19.3. The molecule has 0 fully saturated rings. The van der Waals surface area contributed by atoms with Crippen molar-refractivity contribution in [3.8, 4) is 0 Å². The Balaban J connectivity index is 1.73. The molecule has 27 heavy (non-hydrogen) atoms. The summed E-state index contributed by atoms with van der Waals surface area (Å²) in [6.45, 7) is 0.332. The molecular weight excluding hydrogens is 426 g/mol. The summed E-state index contributed by atoms with van der Waals surface area (Å²) in [7, 11) is 0. The second-order valence-corrected chi connectivity index (χ2v) is 7.47. The van der Waals surface area contributed by atoms with E-state index in [-0.39, 0.29) is 11.8 Å². The van der Waals surface area contributed by atoms with Crippen molar-refractivity contribution in [3.05, 3.63) is 86.8 Å². The number of amides is 2. The molecule has 3 rings (SSSR count). The minimum Gasteiger partial charge on any atom is -0.349 e. The van der Waals surface area contributed by atoms with Crippen LogP contribution in [0, 0.1) is 0 Å². The molecule has 0 spiro atoms. The number of aromatic nitrogens is 1. The predicted molar refractivity (Wildman–Crippen MR) is 110 cm³/mol. The first-order chi connectivity index (χ1) is 13.1. The lowest BCUT2D eigenvalue weighted by Crippen LogP contribution is -2.48. The number of thiazole rings is 1. The number of nitrogens with one attached hydrogen (secondary N) is 2. The van der Waals surface area contributed by atoms with Gasteiger partial charge < -0.3 is 10.6 Å². The number of rotatable bonds is 7. The van der Waals surface area contributed by atoms with Crippen molar-refractivity contribution in [1.82, 2.24) is 15.6 Å². The Labute approximate surface area is 170 Å². The predicted octanol–water partition coefficient (Wildman–Crippen LogP) is 3.56. The van der Waals surface area contributed by atoms with Gasteiger partial charge in [-0.25, -0.2) is 4.98 Å². The molecule has 0 saturated heterocycles. The molecule has 3 aromatic rings. The zero-order chi connectivity index (χ0) is 19.1. The monoisotopic (exact) mass is 443 g/mol. The van der Waals surface area contributed by atoms with Crippen LogP contribution >= 0.6 is 27.3 Å². The van der Waals surface area contributed by atoms with Crippen LogP contribution in [-0.2, 0) is 17.8 Å². The third kappa shape index (κ3) is 5.48. The maximum atomic E-state index is 12.7. The number of halogens is 1. The van der Waals surface area contributed by atoms with E-state index >= 15 is 0 Å². The molecule has 0 radical (unpaired) electrons. The van der Waals surface area contributed by atoms with Crippen molar-refractivity contribution in [2.75, 3.05) is 0 Å². The van der Waals surface area contributed by atoms with Gasteiger partial charge >= 0.3 is 0 Å². The topological polar surface area (TPSA) is 71.1 Å². The molecule has 7 heteroatoms. The molecule has 0 unspecified atom stereocenters. The summed E-state index contributed by atoms with van der Waals surface area (Å²) in [4.78, 5) is 29.6. The van der Waals surface area contributed by atoms with Crippen molar-refractivity contribution in [2.45, 2.75) is 19.0 Å². The fraction of sp³-hybridized carbons (Fsp3) is 0.150. The molecule has 1 heterocycles. The molecule has 0 saturated carbocycles. The average molecular weight is 444 g/mol. The van der Waals surface area contributed by atoms with Gasteiger partial charge in [0.1, 0.15) is 6.04 Å². The molecule has 1 atom stereocenters. The molecule has 2 aromatic carbocycles. The normalized spacial score (nSPS) is 11.6. The van der Waals surface area contributed by atoms with E-state index in [4.69, 9.17) is 0 Å². The number of hydrogen-bond acceptors (Lipinski definition) is 4. The van der Waals surface area contributed by atoms with Crippen LogP contribution in [0.3, 0.4) is 0 Å². The molecule has 0 bridgehead atoms. The van der Waals surface area contributed by atoms with Gasteiger partial charge in [0.05, 0.1) is 23.3 Å². The van der Waals surface area contributed by atoms with E-state index in [1.807, 2.05) is 41.8 Å². The first-order valence-electron chi connectivity index (χ1n) is 8.37. The van der Waals surface area contributed by atoms with Gasteiger partial charge in [0.25, 0.3) is 5.91 Å².